The van der Waals surface area contributed by atoms with Crippen LogP contribution in [-0.2, 0) is 6.42 Å². The number of fused-ring (bicyclic) bond motifs is 1. The molecule has 2 aliphatic carbocycles. The predicted molar refractivity (Wildman–Crippen MR) is 111 cm³/mol. The van der Waals surface area contributed by atoms with Crippen molar-refractivity contribution < 1.29 is 0 Å². The van der Waals surface area contributed by atoms with Crippen molar-refractivity contribution in [3.05, 3.63) is 35.4 Å². The molecule has 0 aromatic heterocycles. The van der Waals surface area contributed by atoms with E-state index < -0.39 is 0 Å². The van der Waals surface area contributed by atoms with E-state index in [4.69, 9.17) is 0 Å². The molecule has 1 N–H and O–H groups in total. The average molecular weight is 355 g/mol. The largest absolute Gasteiger partial charge is 0.309 e. The Balaban J connectivity index is 1.44. The van der Waals surface area contributed by atoms with E-state index in [1.807, 2.05) is 0 Å². The third kappa shape index (κ3) is 3.73. The molecule has 0 amide bonds. The molecule has 1 aliphatic heterocycles. The highest BCUT2D eigenvalue weighted by atomic mass is 15.2. The van der Waals surface area contributed by atoms with Crippen molar-refractivity contribution in [1.29, 1.82) is 0 Å². The van der Waals surface area contributed by atoms with Gasteiger partial charge in [0.1, 0.15) is 0 Å². The van der Waals surface area contributed by atoms with Crippen molar-refractivity contribution in [1.82, 2.24) is 10.2 Å². The number of benzene rings is 1. The maximum atomic E-state index is 4.01. The van der Waals surface area contributed by atoms with Gasteiger partial charge in [0.2, 0.25) is 0 Å². The van der Waals surface area contributed by atoms with E-state index in [2.05, 4.69) is 41.4 Å². The normalized spacial score (nSPS) is 32.0. The van der Waals surface area contributed by atoms with Crippen LogP contribution < -0.4 is 5.32 Å². The quantitative estimate of drug-likeness (QED) is 0.681. The van der Waals surface area contributed by atoms with Gasteiger partial charge in [-0.15, -0.1) is 0 Å². The summed E-state index contributed by atoms with van der Waals surface area (Å²) in [5, 5.41) is 4.01. The number of hydrogen-bond acceptors (Lipinski definition) is 2. The highest BCUT2D eigenvalue weighted by Crippen LogP contribution is 2.54. The third-order valence-electron chi connectivity index (χ3n) is 7.51. The molecular formula is C24H38N2. The molecule has 144 valence electrons. The van der Waals surface area contributed by atoms with Crippen molar-refractivity contribution >= 4 is 0 Å². The Morgan fingerprint density at radius 1 is 1.04 bits per heavy atom. The molecule has 26 heavy (non-hydrogen) atoms. The lowest BCUT2D eigenvalue weighted by Gasteiger charge is -2.46. The van der Waals surface area contributed by atoms with Crippen LogP contribution in [0, 0.1) is 5.41 Å². The molecule has 1 aromatic carbocycles. The minimum atomic E-state index is 0.488. The summed E-state index contributed by atoms with van der Waals surface area (Å²) in [6.07, 6.45) is 15.3. The number of nitrogens with zero attached hydrogens (tertiary/aromatic N) is 1. The van der Waals surface area contributed by atoms with Crippen LogP contribution in [0.2, 0.25) is 0 Å². The minimum Gasteiger partial charge on any atom is -0.309 e. The SMILES string of the molecule is CCCCCNC1c2ccccc2CC12CCC(N1CCCCC1)CC2. The van der Waals surface area contributed by atoms with Gasteiger partial charge < -0.3 is 10.2 Å². The summed E-state index contributed by atoms with van der Waals surface area (Å²) in [6.45, 7) is 6.20. The van der Waals surface area contributed by atoms with Crippen molar-refractivity contribution in [3.8, 4) is 0 Å². The average Bonchev–Trinajstić information content (AvgIpc) is 2.99. The Labute approximate surface area is 160 Å². The Morgan fingerprint density at radius 3 is 2.58 bits per heavy atom. The zero-order chi connectivity index (χ0) is 17.8. The Kier molecular flexibility index (Phi) is 6.00. The first kappa shape index (κ1) is 18.5. The van der Waals surface area contributed by atoms with Crippen LogP contribution in [0.25, 0.3) is 0 Å². The summed E-state index contributed by atoms with van der Waals surface area (Å²) in [6, 6.07) is 10.7. The highest BCUT2D eigenvalue weighted by molar-refractivity contribution is 5.38. The first-order valence-electron chi connectivity index (χ1n) is 11.4. The van der Waals surface area contributed by atoms with Gasteiger partial charge in [-0.1, -0.05) is 50.5 Å². The summed E-state index contributed by atoms with van der Waals surface area (Å²) in [5.41, 5.74) is 3.72. The summed E-state index contributed by atoms with van der Waals surface area (Å²) in [7, 11) is 0. The van der Waals surface area contributed by atoms with Gasteiger partial charge in [-0.05, 0) is 87.5 Å². The van der Waals surface area contributed by atoms with Gasteiger partial charge >= 0.3 is 0 Å². The molecule has 1 saturated carbocycles. The van der Waals surface area contributed by atoms with Crippen molar-refractivity contribution in [3.63, 3.8) is 0 Å². The molecule has 1 saturated heterocycles. The maximum absolute atomic E-state index is 4.01. The van der Waals surface area contributed by atoms with Gasteiger partial charge in [0.15, 0.2) is 0 Å². The lowest BCUT2D eigenvalue weighted by molar-refractivity contribution is 0.0581. The fourth-order valence-electron chi connectivity index (χ4n) is 6.03. The topological polar surface area (TPSA) is 15.3 Å². The van der Waals surface area contributed by atoms with E-state index >= 15 is 0 Å². The summed E-state index contributed by atoms with van der Waals surface area (Å²) in [5.74, 6) is 0. The van der Waals surface area contributed by atoms with Crippen molar-refractivity contribution in [2.24, 2.45) is 5.41 Å². The fourth-order valence-corrected chi connectivity index (χ4v) is 6.03. The first-order chi connectivity index (χ1) is 12.8. The van der Waals surface area contributed by atoms with E-state index in [0.717, 1.165) is 6.04 Å². The minimum absolute atomic E-state index is 0.488. The van der Waals surface area contributed by atoms with Crippen molar-refractivity contribution in [2.75, 3.05) is 19.6 Å². The predicted octanol–water partition coefficient (Wildman–Crippen LogP) is 5.48. The van der Waals surface area contributed by atoms with E-state index in [0.29, 0.717) is 11.5 Å². The molecule has 4 rings (SSSR count). The molecule has 1 unspecified atom stereocenters. The molecule has 2 nitrogen and oxygen atoms in total. The monoisotopic (exact) mass is 354 g/mol. The van der Waals surface area contributed by atoms with Gasteiger partial charge in [0.05, 0.1) is 0 Å². The molecule has 2 heteroatoms. The summed E-state index contributed by atoms with van der Waals surface area (Å²) >= 11 is 0. The van der Waals surface area contributed by atoms with Gasteiger partial charge in [-0.3, -0.25) is 0 Å². The zero-order valence-corrected chi connectivity index (χ0v) is 16.8. The zero-order valence-electron chi connectivity index (χ0n) is 16.8. The molecule has 3 aliphatic rings. The Hall–Kier alpha value is -0.860. The Morgan fingerprint density at radius 2 is 1.81 bits per heavy atom. The highest BCUT2D eigenvalue weighted by Gasteiger charge is 2.47. The van der Waals surface area contributed by atoms with Gasteiger partial charge in [0.25, 0.3) is 0 Å². The van der Waals surface area contributed by atoms with Crippen LogP contribution in [0.15, 0.2) is 24.3 Å². The van der Waals surface area contributed by atoms with Crippen LogP contribution in [0.1, 0.15) is 88.3 Å². The van der Waals surface area contributed by atoms with Crippen molar-refractivity contribution in [2.45, 2.75) is 89.6 Å². The second-order valence-electron chi connectivity index (χ2n) is 9.16. The summed E-state index contributed by atoms with van der Waals surface area (Å²) < 4.78 is 0. The van der Waals surface area contributed by atoms with Crippen LogP contribution in [0.3, 0.4) is 0 Å². The van der Waals surface area contributed by atoms with Crippen LogP contribution in [0.4, 0.5) is 0 Å². The fraction of sp³-hybridized carbons (Fsp3) is 0.750. The number of rotatable bonds is 6. The van der Waals surface area contributed by atoms with Gasteiger partial charge in [-0.25, -0.2) is 0 Å². The van der Waals surface area contributed by atoms with E-state index in [-0.39, 0.29) is 0 Å². The smallest absolute Gasteiger partial charge is 0.0383 e. The molecule has 1 spiro atoms. The lowest BCUT2D eigenvalue weighted by Crippen LogP contribution is -2.46. The molecule has 0 bridgehead atoms. The number of unbranched alkanes of at least 4 members (excludes halogenated alkanes) is 2. The molecule has 0 radical (unpaired) electrons. The second-order valence-corrected chi connectivity index (χ2v) is 9.16. The molecule has 1 aromatic rings. The molecular weight excluding hydrogens is 316 g/mol. The lowest BCUT2D eigenvalue weighted by atomic mass is 9.67. The Bertz CT molecular complexity index is 567. The van der Waals surface area contributed by atoms with Crippen LogP contribution in [0.5, 0.6) is 0 Å². The molecule has 2 fully saturated rings. The second kappa shape index (κ2) is 8.44. The third-order valence-corrected chi connectivity index (χ3v) is 7.51. The van der Waals surface area contributed by atoms with Gasteiger partial charge in [-0.2, -0.15) is 0 Å². The number of nitrogens with one attached hydrogen (secondary N) is 1. The number of piperidine rings is 1. The number of hydrogen-bond donors (Lipinski definition) is 1. The van der Waals surface area contributed by atoms with Crippen LogP contribution >= 0.6 is 0 Å². The van der Waals surface area contributed by atoms with E-state index in [1.54, 1.807) is 11.1 Å². The molecule has 1 heterocycles. The first-order valence-corrected chi connectivity index (χ1v) is 11.4. The maximum Gasteiger partial charge on any atom is 0.0383 e. The van der Waals surface area contributed by atoms with Crippen LogP contribution in [-0.4, -0.2) is 30.6 Å². The van der Waals surface area contributed by atoms with Gasteiger partial charge in [0, 0.05) is 12.1 Å². The summed E-state index contributed by atoms with van der Waals surface area (Å²) in [4.78, 5) is 2.82. The number of likely N-dealkylation sites (tertiary alicyclic amines) is 1. The standard InChI is InChI=1S/C24H38N2/c1-2-3-7-16-25-23-22-11-6-5-10-20(22)19-24(23)14-12-21(13-15-24)26-17-8-4-9-18-26/h5-6,10-11,21,23,25H,2-4,7-9,12-19H2,1H3. The molecule has 1 atom stereocenters. The van der Waals surface area contributed by atoms with E-state index in [1.165, 1.54) is 90.3 Å². The van der Waals surface area contributed by atoms with E-state index in [9.17, 15) is 0 Å².